The van der Waals surface area contributed by atoms with E-state index in [1.807, 2.05) is 6.92 Å². The quantitative estimate of drug-likeness (QED) is 0.437. The van der Waals surface area contributed by atoms with Gasteiger partial charge >= 0.3 is 5.97 Å². The molecule has 10 nitrogen and oxygen atoms in total. The standard InChI is InChI=1S/C24H25FN6O4/c1-13-4-5-17(25)15(8-13)21-28-12-20(34-2)22(31-21)30-18-6-7-26-11-16(18)23(32)29-14-9-19(27-10-14)24(33)35-3/h4-8,11-12,14,19,27H,9-10H2,1-3H3,(H,29,32)(H,26,28,30,31)/t14-,19-/m1/s1. The fourth-order valence-corrected chi connectivity index (χ4v) is 3.79. The molecule has 3 aromatic rings. The number of benzene rings is 1. The number of nitrogens with one attached hydrogen (secondary N) is 3. The maximum Gasteiger partial charge on any atom is 0.322 e. The molecule has 182 valence electrons. The number of nitrogens with zero attached hydrogens (tertiary/aromatic N) is 3. The van der Waals surface area contributed by atoms with Crippen molar-refractivity contribution in [2.75, 3.05) is 26.1 Å². The van der Waals surface area contributed by atoms with Crippen molar-refractivity contribution in [3.63, 3.8) is 0 Å². The van der Waals surface area contributed by atoms with Crippen LogP contribution >= 0.6 is 0 Å². The Morgan fingerprint density at radius 3 is 2.80 bits per heavy atom. The van der Waals surface area contributed by atoms with E-state index in [9.17, 15) is 14.0 Å². The summed E-state index contributed by atoms with van der Waals surface area (Å²) < 4.78 is 24.6. The maximum absolute atomic E-state index is 14.4. The number of aryl methyl sites for hydroxylation is 1. The number of anilines is 2. The van der Waals surface area contributed by atoms with Gasteiger partial charge in [0.25, 0.3) is 5.91 Å². The summed E-state index contributed by atoms with van der Waals surface area (Å²) in [7, 11) is 2.78. The molecule has 0 bridgehead atoms. The first-order valence-corrected chi connectivity index (χ1v) is 10.9. The van der Waals surface area contributed by atoms with Crippen molar-refractivity contribution in [1.82, 2.24) is 25.6 Å². The van der Waals surface area contributed by atoms with Crippen LogP contribution in [0.1, 0.15) is 22.3 Å². The molecule has 1 aliphatic heterocycles. The highest BCUT2D eigenvalue weighted by Gasteiger charge is 2.31. The smallest absolute Gasteiger partial charge is 0.322 e. The third kappa shape index (κ3) is 5.35. The highest BCUT2D eigenvalue weighted by molar-refractivity contribution is 6.00. The largest absolute Gasteiger partial charge is 0.491 e. The van der Waals surface area contributed by atoms with Crippen LogP contribution in [-0.4, -0.2) is 59.7 Å². The Labute approximate surface area is 201 Å². The van der Waals surface area contributed by atoms with Crippen LogP contribution in [0.3, 0.4) is 0 Å². The molecular formula is C24H25FN6O4. The zero-order chi connectivity index (χ0) is 24.9. The van der Waals surface area contributed by atoms with Crippen molar-refractivity contribution in [2.24, 2.45) is 0 Å². The Bertz CT molecular complexity index is 1250. The highest BCUT2D eigenvalue weighted by Crippen LogP contribution is 2.30. The molecule has 0 aliphatic carbocycles. The molecule has 2 aromatic heterocycles. The number of pyridine rings is 1. The van der Waals surface area contributed by atoms with Gasteiger partial charge in [-0.1, -0.05) is 11.6 Å². The summed E-state index contributed by atoms with van der Waals surface area (Å²) in [6, 6.07) is 5.57. The lowest BCUT2D eigenvalue weighted by Crippen LogP contribution is -2.36. The van der Waals surface area contributed by atoms with Crippen LogP contribution in [0.4, 0.5) is 15.9 Å². The van der Waals surface area contributed by atoms with E-state index in [1.165, 1.54) is 38.9 Å². The van der Waals surface area contributed by atoms with Crippen molar-refractivity contribution < 1.29 is 23.5 Å². The molecule has 4 rings (SSSR count). The number of rotatable bonds is 7. The second-order valence-corrected chi connectivity index (χ2v) is 8.03. The molecule has 3 N–H and O–H groups in total. The Morgan fingerprint density at radius 2 is 2.03 bits per heavy atom. The van der Waals surface area contributed by atoms with Gasteiger partial charge in [-0.05, 0) is 31.5 Å². The SMILES string of the molecule is COC(=O)[C@H]1C[C@@H](NC(=O)c2cnccc2Nc2nc(-c3cc(C)ccc3F)ncc2OC)CN1. The molecule has 2 atom stereocenters. The van der Waals surface area contributed by atoms with Crippen molar-refractivity contribution in [3.8, 4) is 17.1 Å². The minimum Gasteiger partial charge on any atom is -0.491 e. The zero-order valence-corrected chi connectivity index (χ0v) is 19.5. The van der Waals surface area contributed by atoms with Crippen LogP contribution < -0.4 is 20.7 Å². The molecule has 1 saturated heterocycles. The van der Waals surface area contributed by atoms with E-state index in [1.54, 1.807) is 18.2 Å². The third-order valence-electron chi connectivity index (χ3n) is 5.61. The van der Waals surface area contributed by atoms with Gasteiger partial charge in [0.1, 0.15) is 11.9 Å². The molecule has 1 aromatic carbocycles. The first kappa shape index (κ1) is 24.0. The minimum absolute atomic E-state index is 0.167. The number of hydrogen-bond donors (Lipinski definition) is 3. The lowest BCUT2D eigenvalue weighted by Gasteiger charge is -2.16. The number of methoxy groups -OCH3 is 2. The summed E-state index contributed by atoms with van der Waals surface area (Å²) in [6.07, 6.45) is 4.79. The summed E-state index contributed by atoms with van der Waals surface area (Å²) in [4.78, 5) is 37.5. The first-order chi connectivity index (χ1) is 16.9. The molecule has 1 fully saturated rings. The molecule has 11 heteroatoms. The Kier molecular flexibility index (Phi) is 7.16. The lowest BCUT2D eigenvalue weighted by molar-refractivity contribution is -0.142. The number of halogens is 1. The number of aromatic nitrogens is 3. The van der Waals surface area contributed by atoms with Crippen LogP contribution in [0.2, 0.25) is 0 Å². The molecule has 1 aliphatic rings. The van der Waals surface area contributed by atoms with E-state index in [-0.39, 0.29) is 40.7 Å². The molecule has 0 unspecified atom stereocenters. The van der Waals surface area contributed by atoms with Crippen LogP contribution in [0, 0.1) is 12.7 Å². The van der Waals surface area contributed by atoms with Crippen molar-refractivity contribution in [3.05, 3.63) is 59.8 Å². The molecule has 0 spiro atoms. The van der Waals surface area contributed by atoms with E-state index in [0.29, 0.717) is 24.4 Å². The van der Waals surface area contributed by atoms with Crippen molar-refractivity contribution >= 4 is 23.4 Å². The van der Waals surface area contributed by atoms with E-state index in [0.717, 1.165) is 5.56 Å². The second-order valence-electron chi connectivity index (χ2n) is 8.03. The number of carbonyl (C=O) groups excluding carboxylic acids is 2. The minimum atomic E-state index is -0.470. The van der Waals surface area contributed by atoms with Gasteiger partial charge in [0.15, 0.2) is 17.4 Å². The summed E-state index contributed by atoms with van der Waals surface area (Å²) in [6.45, 7) is 2.28. The van der Waals surface area contributed by atoms with Crippen molar-refractivity contribution in [2.45, 2.75) is 25.4 Å². The van der Waals surface area contributed by atoms with Crippen LogP contribution in [0.25, 0.3) is 11.4 Å². The molecule has 3 heterocycles. The number of amides is 1. The maximum atomic E-state index is 14.4. The van der Waals surface area contributed by atoms with Gasteiger partial charge in [-0.15, -0.1) is 0 Å². The average Bonchev–Trinajstić information content (AvgIpc) is 3.33. The molecular weight excluding hydrogens is 455 g/mol. The first-order valence-electron chi connectivity index (χ1n) is 10.9. The van der Waals surface area contributed by atoms with Gasteiger partial charge in [0, 0.05) is 25.0 Å². The predicted octanol–water partition coefficient (Wildman–Crippen LogP) is 2.37. The molecule has 1 amide bonds. The Balaban J connectivity index is 1.58. The normalized spacial score (nSPS) is 17.0. The van der Waals surface area contributed by atoms with Gasteiger partial charge in [-0.2, -0.15) is 0 Å². The van der Waals surface area contributed by atoms with E-state index in [2.05, 4.69) is 30.9 Å². The summed E-state index contributed by atoms with van der Waals surface area (Å²) in [5, 5.41) is 9.03. The summed E-state index contributed by atoms with van der Waals surface area (Å²) in [5.74, 6) is -0.470. The van der Waals surface area contributed by atoms with Crippen LogP contribution in [0.15, 0.2) is 42.9 Å². The monoisotopic (exact) mass is 480 g/mol. The second kappa shape index (κ2) is 10.4. The van der Waals surface area contributed by atoms with Crippen molar-refractivity contribution in [1.29, 1.82) is 0 Å². The summed E-state index contributed by atoms with van der Waals surface area (Å²) in [5.41, 5.74) is 1.79. The van der Waals surface area contributed by atoms with Gasteiger partial charge in [0.2, 0.25) is 0 Å². The summed E-state index contributed by atoms with van der Waals surface area (Å²) >= 11 is 0. The predicted molar refractivity (Wildman–Crippen MR) is 126 cm³/mol. The highest BCUT2D eigenvalue weighted by atomic mass is 19.1. The lowest BCUT2D eigenvalue weighted by atomic mass is 10.1. The zero-order valence-electron chi connectivity index (χ0n) is 19.5. The number of carbonyl (C=O) groups is 2. The Hall–Kier alpha value is -4.12. The van der Waals surface area contributed by atoms with Gasteiger partial charge in [-0.25, -0.2) is 14.4 Å². The fraction of sp³-hybridized carbons (Fsp3) is 0.292. The number of ether oxygens (including phenoxy) is 2. The molecule has 35 heavy (non-hydrogen) atoms. The third-order valence-corrected chi connectivity index (χ3v) is 5.61. The number of hydrogen-bond acceptors (Lipinski definition) is 9. The van der Waals surface area contributed by atoms with Crippen LogP contribution in [-0.2, 0) is 9.53 Å². The Morgan fingerprint density at radius 1 is 1.20 bits per heavy atom. The molecule has 0 saturated carbocycles. The van der Waals surface area contributed by atoms with Crippen LogP contribution in [0.5, 0.6) is 5.75 Å². The van der Waals surface area contributed by atoms with E-state index >= 15 is 0 Å². The topological polar surface area (TPSA) is 127 Å². The van der Waals surface area contributed by atoms with Gasteiger partial charge in [-0.3, -0.25) is 14.6 Å². The van der Waals surface area contributed by atoms with Gasteiger partial charge < -0.3 is 25.4 Å². The average molecular weight is 481 g/mol. The number of esters is 1. The van der Waals surface area contributed by atoms with Gasteiger partial charge in [0.05, 0.1) is 37.2 Å². The van der Waals surface area contributed by atoms with E-state index in [4.69, 9.17) is 9.47 Å². The molecule has 0 radical (unpaired) electrons. The fourth-order valence-electron chi connectivity index (χ4n) is 3.79. The van der Waals surface area contributed by atoms with E-state index < -0.39 is 11.9 Å².